The summed E-state index contributed by atoms with van der Waals surface area (Å²) in [6, 6.07) is 36.1. The van der Waals surface area contributed by atoms with Crippen LogP contribution in [0.25, 0.3) is 0 Å². The van der Waals surface area contributed by atoms with E-state index in [4.69, 9.17) is 0 Å². The average molecular weight is 971 g/mol. The van der Waals surface area contributed by atoms with E-state index in [0.29, 0.717) is 11.1 Å². The number of hydrogen-bond donors (Lipinski definition) is 0. The number of unbranched alkanes of at least 4 members (excludes halogenated alkanes) is 8. The molecule has 5 rings (SSSR count). The predicted octanol–water partition coefficient (Wildman–Crippen LogP) is 16.4. The van der Waals surface area contributed by atoms with Crippen molar-refractivity contribution in [2.75, 3.05) is 72.0 Å². The van der Waals surface area contributed by atoms with E-state index in [2.05, 4.69) is 206 Å². The highest BCUT2D eigenvalue weighted by Crippen LogP contribution is 2.34. The molecular formula is C64H90N8+2. The van der Waals surface area contributed by atoms with Gasteiger partial charge in [-0.05, 0) is 99.9 Å². The zero-order chi connectivity index (χ0) is 51.5. The fourth-order valence-electron chi connectivity index (χ4n) is 9.51. The summed E-state index contributed by atoms with van der Waals surface area (Å²) in [5.41, 5.74) is 11.5. The van der Waals surface area contributed by atoms with Crippen molar-refractivity contribution in [2.24, 2.45) is 0 Å². The lowest BCUT2D eigenvalue weighted by Crippen LogP contribution is -2.26. The Balaban J connectivity index is 1.73. The topological polar surface area (TPSA) is 66.6 Å². The van der Waals surface area contributed by atoms with Gasteiger partial charge in [0.2, 0.25) is 34.2 Å². The highest BCUT2D eigenvalue weighted by atomic mass is 15.1. The summed E-state index contributed by atoms with van der Waals surface area (Å²) in [7, 11) is 0. The van der Waals surface area contributed by atoms with Crippen LogP contribution in [0.5, 0.6) is 0 Å². The van der Waals surface area contributed by atoms with Crippen LogP contribution in [0.2, 0.25) is 0 Å². The van der Waals surface area contributed by atoms with E-state index >= 15 is 0 Å². The molecule has 0 bridgehead atoms. The molecule has 72 heavy (non-hydrogen) atoms. The Morgan fingerprint density at radius 1 is 0.333 bits per heavy atom. The molecule has 0 atom stereocenters. The first kappa shape index (κ1) is 56.8. The highest BCUT2D eigenvalue weighted by Gasteiger charge is 2.29. The van der Waals surface area contributed by atoms with Crippen molar-refractivity contribution in [1.82, 2.24) is 9.15 Å². The third-order valence-corrected chi connectivity index (χ3v) is 14.0. The van der Waals surface area contributed by atoms with Crippen molar-refractivity contribution in [3.05, 3.63) is 120 Å². The van der Waals surface area contributed by atoms with Crippen molar-refractivity contribution in [3.8, 4) is 12.1 Å². The monoisotopic (exact) mass is 971 g/mol. The van der Waals surface area contributed by atoms with Gasteiger partial charge in [-0.25, -0.2) is 0 Å². The first-order chi connectivity index (χ1) is 35.3. The van der Waals surface area contributed by atoms with Crippen LogP contribution < -0.4 is 28.8 Å². The van der Waals surface area contributed by atoms with Gasteiger partial charge in [0, 0.05) is 136 Å². The van der Waals surface area contributed by atoms with Gasteiger partial charge < -0.3 is 19.6 Å². The summed E-state index contributed by atoms with van der Waals surface area (Å²) >= 11 is 0. The van der Waals surface area contributed by atoms with E-state index in [0.717, 1.165) is 201 Å². The van der Waals surface area contributed by atoms with Crippen LogP contribution in [0.15, 0.2) is 109 Å². The summed E-state index contributed by atoms with van der Waals surface area (Å²) in [4.78, 5) is 9.96. The Labute approximate surface area is 437 Å². The standard InChI is InChI=1S/C64H90N8/c1-9-17-41-67(42-18-10-2)55-25-29-57(30-26-55)71(63-39-37-61(49-53(63)51-65)69(45-21-13-5)46-22-14-6)59-33-35-60(36-34-59)72(58-31-27-56(28-32-58)68(43-19-11-3)44-20-12-4)64-40-38-62(50-54(64)52-66)70(47-23-15-7)48-24-16-8/h25-40,49-50H,9-24,41-48H2,1-8H3/q+2. The van der Waals surface area contributed by atoms with Gasteiger partial charge in [-0.15, -0.1) is 0 Å². The number of nitrogens with zero attached hydrogens (tertiary/aromatic N) is 8. The Morgan fingerprint density at radius 2 is 0.569 bits per heavy atom. The second-order valence-electron chi connectivity index (χ2n) is 19.6. The van der Waals surface area contributed by atoms with Crippen LogP contribution >= 0.6 is 0 Å². The van der Waals surface area contributed by atoms with Crippen LogP contribution in [0.3, 0.4) is 0 Å². The maximum absolute atomic E-state index is 11.0. The first-order valence-corrected chi connectivity index (χ1v) is 28.3. The van der Waals surface area contributed by atoms with Gasteiger partial charge in [-0.1, -0.05) is 107 Å². The maximum atomic E-state index is 11.0. The molecule has 0 unspecified atom stereocenters. The SMILES string of the molecule is CCCCN(CCCC)c1ccc([N+](=C2C=CC(=[N+](c3ccc(N(CCCC)CCCC)cc3)c3ccc(N(CCCC)CCCC)cc3C#N)C=C2)c2ccc(N(CCCC)CCCC)cc2C#N)cc1. The van der Waals surface area contributed by atoms with Gasteiger partial charge in [-0.3, -0.25) is 0 Å². The van der Waals surface area contributed by atoms with Crippen molar-refractivity contribution in [3.63, 3.8) is 0 Å². The summed E-state index contributed by atoms with van der Waals surface area (Å²) in [6.45, 7) is 26.0. The Kier molecular flexibility index (Phi) is 24.7. The molecule has 4 aromatic rings. The van der Waals surface area contributed by atoms with Gasteiger partial charge in [0.05, 0.1) is 0 Å². The van der Waals surface area contributed by atoms with E-state index < -0.39 is 0 Å². The van der Waals surface area contributed by atoms with Gasteiger partial charge >= 0.3 is 0 Å². The average Bonchev–Trinajstić information content (AvgIpc) is 3.42. The lowest BCUT2D eigenvalue weighted by molar-refractivity contribution is 0.678. The molecule has 0 amide bonds. The zero-order valence-corrected chi connectivity index (χ0v) is 45.9. The minimum atomic E-state index is 0.644. The van der Waals surface area contributed by atoms with Gasteiger partial charge in [0.1, 0.15) is 23.3 Å². The molecule has 384 valence electrons. The summed E-state index contributed by atoms with van der Waals surface area (Å²) in [5.74, 6) is 0. The lowest BCUT2D eigenvalue weighted by atomic mass is 10.1. The smallest absolute Gasteiger partial charge is 0.229 e. The van der Waals surface area contributed by atoms with Crippen molar-refractivity contribution in [2.45, 2.75) is 158 Å². The van der Waals surface area contributed by atoms with E-state index in [1.807, 2.05) is 0 Å². The predicted molar refractivity (Wildman–Crippen MR) is 315 cm³/mol. The van der Waals surface area contributed by atoms with E-state index in [-0.39, 0.29) is 0 Å². The molecule has 1 aliphatic carbocycles. The molecule has 0 heterocycles. The van der Waals surface area contributed by atoms with E-state index in [9.17, 15) is 10.5 Å². The Bertz CT molecular complexity index is 2240. The number of rotatable bonds is 32. The molecule has 0 fully saturated rings. The van der Waals surface area contributed by atoms with Crippen LogP contribution in [0.1, 0.15) is 169 Å². The van der Waals surface area contributed by atoms with Gasteiger partial charge in [0.15, 0.2) is 0 Å². The fourth-order valence-corrected chi connectivity index (χ4v) is 9.51. The van der Waals surface area contributed by atoms with Crippen molar-refractivity contribution in [1.29, 1.82) is 10.5 Å². The maximum Gasteiger partial charge on any atom is 0.229 e. The van der Waals surface area contributed by atoms with E-state index in [1.54, 1.807) is 0 Å². The number of hydrogen-bond acceptors (Lipinski definition) is 6. The number of allylic oxidation sites excluding steroid dienone is 4. The molecule has 4 aromatic carbocycles. The minimum absolute atomic E-state index is 0.644. The van der Waals surface area contributed by atoms with Crippen LogP contribution in [0, 0.1) is 22.7 Å². The molecule has 8 nitrogen and oxygen atoms in total. The fraction of sp³-hybridized carbons (Fsp3) is 0.500. The molecule has 0 N–H and O–H groups in total. The molecule has 0 spiro atoms. The number of benzene rings is 4. The second-order valence-corrected chi connectivity index (χ2v) is 19.6. The lowest BCUT2D eigenvalue weighted by Gasteiger charge is -2.25. The summed E-state index contributed by atoms with van der Waals surface area (Å²) < 4.78 is 4.50. The third kappa shape index (κ3) is 15.9. The third-order valence-electron chi connectivity index (χ3n) is 14.0. The minimum Gasteiger partial charge on any atom is -0.372 e. The molecule has 0 saturated carbocycles. The molecule has 0 aromatic heterocycles. The quantitative estimate of drug-likeness (QED) is 0.0359. The number of anilines is 4. The van der Waals surface area contributed by atoms with Crippen molar-refractivity contribution < 1.29 is 0 Å². The number of nitriles is 2. The molecule has 0 aliphatic heterocycles. The molecule has 8 heteroatoms. The van der Waals surface area contributed by atoms with Crippen LogP contribution in [-0.4, -0.2) is 63.8 Å². The summed E-state index contributed by atoms with van der Waals surface area (Å²) in [6.07, 6.45) is 26.9. The molecule has 0 saturated heterocycles. The summed E-state index contributed by atoms with van der Waals surface area (Å²) in [5, 5.41) is 21.9. The Morgan fingerprint density at radius 3 is 0.806 bits per heavy atom. The van der Waals surface area contributed by atoms with Crippen molar-refractivity contribution >= 4 is 56.9 Å². The van der Waals surface area contributed by atoms with Crippen LogP contribution in [0.4, 0.5) is 45.5 Å². The zero-order valence-electron chi connectivity index (χ0n) is 45.9. The normalized spacial score (nSPS) is 11.9. The van der Waals surface area contributed by atoms with E-state index in [1.165, 1.54) is 11.4 Å². The van der Waals surface area contributed by atoms with Gasteiger partial charge in [-0.2, -0.15) is 19.7 Å². The first-order valence-electron chi connectivity index (χ1n) is 28.3. The second kappa shape index (κ2) is 31.4. The molecule has 0 radical (unpaired) electrons. The molecular weight excluding hydrogens is 881 g/mol. The Hall–Kier alpha value is -6.12. The largest absolute Gasteiger partial charge is 0.372 e. The highest BCUT2D eigenvalue weighted by molar-refractivity contribution is 6.21. The molecule has 1 aliphatic rings. The van der Waals surface area contributed by atoms with Gasteiger partial charge in [0.25, 0.3) is 0 Å². The van der Waals surface area contributed by atoms with Crippen LogP contribution in [-0.2, 0) is 0 Å².